The van der Waals surface area contributed by atoms with Crippen LogP contribution in [0.4, 0.5) is 0 Å². The number of esters is 1. The van der Waals surface area contributed by atoms with Gasteiger partial charge in [0.2, 0.25) is 0 Å². The zero-order valence-corrected chi connectivity index (χ0v) is 25.8. The highest BCUT2D eigenvalue weighted by atomic mass is 16.6. The number of allylic oxidation sites excluding steroid dienone is 1. The van der Waals surface area contributed by atoms with E-state index in [9.17, 15) is 9.59 Å². The van der Waals surface area contributed by atoms with E-state index in [2.05, 4.69) is 65.6 Å². The van der Waals surface area contributed by atoms with E-state index in [4.69, 9.17) is 4.74 Å². The van der Waals surface area contributed by atoms with Gasteiger partial charge < -0.3 is 4.74 Å². The van der Waals surface area contributed by atoms with E-state index in [1.54, 1.807) is 6.20 Å². The summed E-state index contributed by atoms with van der Waals surface area (Å²) in [6.45, 7) is 16.9. The molecule has 2 heterocycles. The number of hydrogen-bond donors (Lipinski definition) is 0. The second-order valence-electron chi connectivity index (χ2n) is 16.8. The largest absolute Gasteiger partial charge is 0.461 e. The van der Waals surface area contributed by atoms with E-state index in [0.717, 1.165) is 49.7 Å². The maximum Gasteiger partial charge on any atom is 0.312 e. The number of aromatic nitrogens is 1. The molecule has 0 amide bonds. The zero-order chi connectivity index (χ0) is 28.5. The van der Waals surface area contributed by atoms with Gasteiger partial charge in [-0.1, -0.05) is 54.5 Å². The molecule has 0 radical (unpaired) electrons. The number of nitrogens with zero attached hydrogens (tertiary/aromatic N) is 1. The Balaban J connectivity index is 1.29. The number of rotatable bonds is 1. The normalized spacial score (nSPS) is 49.4. The van der Waals surface area contributed by atoms with Gasteiger partial charge in [0.05, 0.1) is 5.41 Å². The third-order valence-corrected chi connectivity index (χ3v) is 14.7. The van der Waals surface area contributed by atoms with Gasteiger partial charge in [-0.05, 0) is 115 Å². The molecule has 1 saturated heterocycles. The molecule has 7 rings (SSSR count). The molecule has 1 aliphatic heterocycles. The lowest BCUT2D eigenvalue weighted by molar-refractivity contribution is -0.236. The second kappa shape index (κ2) is 8.10. The highest BCUT2D eigenvalue weighted by Crippen LogP contribution is 2.78. The van der Waals surface area contributed by atoms with E-state index in [1.807, 2.05) is 12.3 Å². The molecule has 9 atom stereocenters. The number of fused-ring (bicyclic) bond motifs is 5. The molecule has 2 bridgehead atoms. The molecule has 6 fully saturated rings. The molecule has 5 aliphatic carbocycles. The van der Waals surface area contributed by atoms with Crippen molar-refractivity contribution in [3.8, 4) is 0 Å². The Labute approximate surface area is 241 Å². The Morgan fingerprint density at radius 1 is 0.875 bits per heavy atom. The predicted octanol–water partition coefficient (Wildman–Crippen LogP) is 8.06. The quantitative estimate of drug-likeness (QED) is 0.265. The van der Waals surface area contributed by atoms with Crippen LogP contribution in [0.2, 0.25) is 0 Å². The molecule has 1 aromatic rings. The van der Waals surface area contributed by atoms with Gasteiger partial charge in [-0.3, -0.25) is 14.6 Å². The Hall–Kier alpha value is -1.97. The van der Waals surface area contributed by atoms with Crippen LogP contribution in [0.1, 0.15) is 112 Å². The van der Waals surface area contributed by atoms with Crippen molar-refractivity contribution in [3.05, 3.63) is 35.7 Å². The van der Waals surface area contributed by atoms with Gasteiger partial charge in [-0.15, -0.1) is 0 Å². The van der Waals surface area contributed by atoms with E-state index in [1.165, 1.54) is 19.3 Å². The van der Waals surface area contributed by atoms with E-state index in [-0.39, 0.29) is 44.6 Å². The molecule has 4 heteroatoms. The van der Waals surface area contributed by atoms with Crippen molar-refractivity contribution in [2.24, 2.45) is 56.2 Å². The number of carbonyl (C=O) groups is 2. The van der Waals surface area contributed by atoms with Crippen LogP contribution in [0.15, 0.2) is 30.1 Å². The lowest BCUT2D eigenvalue weighted by Gasteiger charge is -2.72. The Morgan fingerprint density at radius 3 is 2.35 bits per heavy atom. The van der Waals surface area contributed by atoms with Gasteiger partial charge in [0.15, 0.2) is 5.78 Å². The number of hydrogen-bond acceptors (Lipinski definition) is 4. The monoisotopic (exact) mass is 543 g/mol. The SMILES string of the molecule is CC1(C)CC[C@]23CC[C@]4(C)[C@H](CC[C@@H]5[C@@]6(C)C/C(=C/c7cccnc7)C(=O)C(C)(C)[C@@H]6CC[C@]54C)[C@H]2[C@H]1OC3=O. The summed E-state index contributed by atoms with van der Waals surface area (Å²) < 4.78 is 6.33. The summed E-state index contributed by atoms with van der Waals surface area (Å²) in [5.74, 6) is 2.29. The summed E-state index contributed by atoms with van der Waals surface area (Å²) in [4.78, 5) is 31.8. The first-order valence-corrected chi connectivity index (χ1v) is 16.1. The van der Waals surface area contributed by atoms with Crippen molar-refractivity contribution in [1.29, 1.82) is 0 Å². The number of pyridine rings is 1. The Kier molecular flexibility index (Phi) is 5.45. The first-order valence-electron chi connectivity index (χ1n) is 16.1. The first-order chi connectivity index (χ1) is 18.7. The topological polar surface area (TPSA) is 56.3 Å². The molecule has 0 aromatic carbocycles. The number of ether oxygens (including phenoxy) is 1. The molecule has 216 valence electrons. The summed E-state index contributed by atoms with van der Waals surface area (Å²) in [6, 6.07) is 4.02. The molecule has 6 aliphatic rings. The van der Waals surface area contributed by atoms with Gasteiger partial charge in [-0.2, -0.15) is 0 Å². The molecule has 0 spiro atoms. The van der Waals surface area contributed by atoms with Crippen molar-refractivity contribution in [2.45, 2.75) is 112 Å². The summed E-state index contributed by atoms with van der Waals surface area (Å²) >= 11 is 0. The summed E-state index contributed by atoms with van der Waals surface area (Å²) in [5, 5.41) is 0. The third-order valence-electron chi connectivity index (χ3n) is 14.7. The predicted molar refractivity (Wildman–Crippen MR) is 157 cm³/mol. The fraction of sp³-hybridized carbons (Fsp3) is 0.750. The van der Waals surface area contributed by atoms with E-state index < -0.39 is 0 Å². The van der Waals surface area contributed by atoms with Gasteiger partial charge >= 0.3 is 5.97 Å². The molecule has 1 aromatic heterocycles. The van der Waals surface area contributed by atoms with Crippen molar-refractivity contribution >= 4 is 17.8 Å². The molecule has 5 saturated carbocycles. The average molecular weight is 544 g/mol. The van der Waals surface area contributed by atoms with E-state index in [0.29, 0.717) is 29.5 Å². The van der Waals surface area contributed by atoms with Gasteiger partial charge in [0, 0.05) is 29.1 Å². The summed E-state index contributed by atoms with van der Waals surface area (Å²) in [5.41, 5.74) is 1.88. The van der Waals surface area contributed by atoms with Gasteiger partial charge in [0.25, 0.3) is 0 Å². The summed E-state index contributed by atoms with van der Waals surface area (Å²) in [6.07, 6.45) is 15.6. The molecular formula is C36H49NO3. The molecule has 40 heavy (non-hydrogen) atoms. The van der Waals surface area contributed by atoms with Crippen molar-refractivity contribution in [3.63, 3.8) is 0 Å². The van der Waals surface area contributed by atoms with Crippen LogP contribution in [0.3, 0.4) is 0 Å². The number of ketones is 1. The smallest absolute Gasteiger partial charge is 0.312 e. The molecule has 0 N–H and O–H groups in total. The zero-order valence-electron chi connectivity index (χ0n) is 25.8. The third kappa shape index (κ3) is 3.12. The van der Waals surface area contributed by atoms with Crippen molar-refractivity contribution < 1.29 is 14.3 Å². The van der Waals surface area contributed by atoms with Crippen LogP contribution >= 0.6 is 0 Å². The minimum absolute atomic E-state index is 0.0553. The van der Waals surface area contributed by atoms with Crippen molar-refractivity contribution in [2.75, 3.05) is 0 Å². The minimum atomic E-state index is -0.372. The van der Waals surface area contributed by atoms with E-state index >= 15 is 0 Å². The lowest BCUT2D eigenvalue weighted by Crippen LogP contribution is -2.67. The average Bonchev–Trinajstić information content (AvgIpc) is 3.15. The van der Waals surface area contributed by atoms with Crippen LogP contribution in [0.5, 0.6) is 0 Å². The number of Topliss-reactive ketones (excluding diaryl/α,β-unsaturated/α-hetero) is 1. The maximum atomic E-state index is 14.0. The van der Waals surface area contributed by atoms with Crippen LogP contribution < -0.4 is 0 Å². The minimum Gasteiger partial charge on any atom is -0.461 e. The molecule has 0 unspecified atom stereocenters. The van der Waals surface area contributed by atoms with Crippen LogP contribution in [0.25, 0.3) is 6.08 Å². The molecular weight excluding hydrogens is 494 g/mol. The Bertz CT molecular complexity index is 1300. The molecule has 4 nitrogen and oxygen atoms in total. The lowest BCUT2D eigenvalue weighted by atomic mass is 9.31. The standard InChI is InChI=1S/C36H49NO3/c1-31(2)14-16-36-17-15-34(6)24(27(36)29(31)40-30(36)39)10-11-26-33(5)20-23(19-22-9-8-18-37-21-22)28(38)32(3,4)25(33)12-13-35(26,34)7/h8-9,18-19,21,24-27,29H,10-17,20H2,1-7H3/b23-19-/t24-,25+,26-,27+,29-,33+,34-,35-,36+/m1/s1. The van der Waals surface area contributed by atoms with Gasteiger partial charge in [0.1, 0.15) is 6.10 Å². The van der Waals surface area contributed by atoms with Gasteiger partial charge in [-0.25, -0.2) is 0 Å². The summed E-state index contributed by atoms with van der Waals surface area (Å²) in [7, 11) is 0. The number of carbonyl (C=O) groups excluding carboxylic acids is 2. The van der Waals surface area contributed by atoms with Crippen LogP contribution in [0, 0.1) is 56.2 Å². The second-order valence-corrected chi connectivity index (χ2v) is 16.8. The maximum absolute atomic E-state index is 14.0. The van der Waals surface area contributed by atoms with Crippen molar-refractivity contribution in [1.82, 2.24) is 4.98 Å². The van der Waals surface area contributed by atoms with Crippen LogP contribution in [-0.2, 0) is 14.3 Å². The fourth-order valence-corrected chi connectivity index (χ4v) is 12.5. The highest BCUT2D eigenvalue weighted by molar-refractivity contribution is 6.04. The Morgan fingerprint density at radius 2 is 1.62 bits per heavy atom. The van der Waals surface area contributed by atoms with Crippen LogP contribution in [-0.4, -0.2) is 22.8 Å². The fourth-order valence-electron chi connectivity index (χ4n) is 12.5. The highest BCUT2D eigenvalue weighted by Gasteiger charge is 2.75. The first kappa shape index (κ1) is 26.9.